The van der Waals surface area contributed by atoms with Gasteiger partial charge in [0.2, 0.25) is 5.91 Å². The van der Waals surface area contributed by atoms with Crippen molar-refractivity contribution in [1.29, 1.82) is 5.26 Å². The molecule has 1 aliphatic rings. The van der Waals surface area contributed by atoms with Crippen LogP contribution in [0.5, 0.6) is 0 Å². The highest BCUT2D eigenvalue weighted by molar-refractivity contribution is 6.31. The number of carbonyl (C=O) groups excluding carboxylic acids is 3. The van der Waals surface area contributed by atoms with E-state index in [4.69, 9.17) is 16.9 Å². The van der Waals surface area contributed by atoms with Gasteiger partial charge in [-0.2, -0.15) is 5.26 Å². The fourth-order valence-electron chi connectivity index (χ4n) is 3.72. The topological polar surface area (TPSA) is 93.5 Å². The molecule has 0 aliphatic carbocycles. The molecule has 0 bridgehead atoms. The van der Waals surface area contributed by atoms with E-state index in [2.05, 4.69) is 5.32 Å². The van der Waals surface area contributed by atoms with Crippen molar-refractivity contribution in [3.63, 3.8) is 0 Å². The van der Waals surface area contributed by atoms with Crippen LogP contribution in [0, 0.1) is 24.1 Å². The summed E-state index contributed by atoms with van der Waals surface area (Å²) in [5.74, 6) is -1.57. The summed E-state index contributed by atoms with van der Waals surface area (Å²) in [6.07, 6.45) is 0.296. The molecule has 0 saturated carbocycles. The van der Waals surface area contributed by atoms with Gasteiger partial charge in [-0.05, 0) is 54.8 Å². The molecule has 7 nitrogen and oxygen atoms in total. The fraction of sp³-hybridized carbons (Fsp3) is 0.304. The van der Waals surface area contributed by atoms with E-state index in [0.717, 1.165) is 10.5 Å². The lowest BCUT2D eigenvalue weighted by Gasteiger charge is -2.27. The second-order valence-electron chi connectivity index (χ2n) is 7.47. The summed E-state index contributed by atoms with van der Waals surface area (Å²) in [6, 6.07) is 11.6. The molecule has 1 unspecified atom stereocenters. The van der Waals surface area contributed by atoms with Crippen molar-refractivity contribution in [1.82, 2.24) is 10.2 Å². The van der Waals surface area contributed by atoms with Gasteiger partial charge in [0.05, 0.1) is 12.5 Å². The molecule has 1 aliphatic heterocycles. The number of nitrogens with one attached hydrogen (secondary N) is 1. The Morgan fingerprint density at radius 2 is 1.94 bits per heavy atom. The minimum atomic E-state index is -1.38. The number of hydrogen-bond donors (Lipinski definition) is 1. The van der Waals surface area contributed by atoms with Gasteiger partial charge in [0.15, 0.2) is 0 Å². The minimum Gasteiger partial charge on any atom is -0.319 e. The predicted molar refractivity (Wildman–Crippen MR) is 117 cm³/mol. The molecule has 3 rings (SSSR count). The van der Waals surface area contributed by atoms with Gasteiger partial charge in [0.1, 0.15) is 17.9 Å². The maximum Gasteiger partial charge on any atom is 0.325 e. The van der Waals surface area contributed by atoms with Crippen molar-refractivity contribution < 1.29 is 18.8 Å². The summed E-state index contributed by atoms with van der Waals surface area (Å²) in [6.45, 7) is 3.11. The van der Waals surface area contributed by atoms with Gasteiger partial charge >= 0.3 is 6.03 Å². The number of aryl methyl sites for hydroxylation is 1. The van der Waals surface area contributed by atoms with Crippen LogP contribution < -0.4 is 10.2 Å². The van der Waals surface area contributed by atoms with E-state index in [0.29, 0.717) is 16.3 Å². The Labute approximate surface area is 190 Å². The Balaban J connectivity index is 1.88. The van der Waals surface area contributed by atoms with Crippen LogP contribution in [0.25, 0.3) is 0 Å². The summed E-state index contributed by atoms with van der Waals surface area (Å²) in [4.78, 5) is 41.3. The lowest BCUT2D eigenvalue weighted by Crippen LogP contribution is -2.46. The van der Waals surface area contributed by atoms with E-state index in [-0.39, 0.29) is 19.4 Å². The molecule has 1 N–H and O–H groups in total. The van der Waals surface area contributed by atoms with Crippen LogP contribution in [0.15, 0.2) is 42.5 Å². The van der Waals surface area contributed by atoms with Crippen molar-refractivity contribution in [3.05, 3.63) is 64.4 Å². The fourth-order valence-corrected chi connectivity index (χ4v) is 3.84. The molecular formula is C23H22ClFN4O3. The number of halogens is 2. The highest BCUT2D eigenvalue weighted by Crippen LogP contribution is 2.33. The number of anilines is 1. The predicted octanol–water partition coefficient (Wildman–Crippen LogP) is 3.89. The smallest absolute Gasteiger partial charge is 0.319 e. The summed E-state index contributed by atoms with van der Waals surface area (Å²) in [5.41, 5.74) is 0.318. The number of rotatable bonds is 7. The van der Waals surface area contributed by atoms with Gasteiger partial charge in [0, 0.05) is 17.3 Å². The number of imide groups is 1. The van der Waals surface area contributed by atoms with E-state index in [1.165, 1.54) is 29.2 Å². The maximum atomic E-state index is 13.4. The molecule has 0 aromatic heterocycles. The second-order valence-corrected chi connectivity index (χ2v) is 7.88. The zero-order valence-corrected chi connectivity index (χ0v) is 18.4. The number of carbonyl (C=O) groups is 3. The van der Waals surface area contributed by atoms with Crippen molar-refractivity contribution in [2.45, 2.75) is 32.2 Å². The Hall–Kier alpha value is -3.44. The van der Waals surface area contributed by atoms with E-state index in [1.54, 1.807) is 32.0 Å². The monoisotopic (exact) mass is 456 g/mol. The van der Waals surface area contributed by atoms with Gasteiger partial charge < -0.3 is 10.2 Å². The van der Waals surface area contributed by atoms with Crippen molar-refractivity contribution in [2.24, 2.45) is 0 Å². The zero-order chi connectivity index (χ0) is 23.5. The first-order valence-electron chi connectivity index (χ1n) is 10.1. The quantitative estimate of drug-likeness (QED) is 0.639. The van der Waals surface area contributed by atoms with E-state index in [9.17, 15) is 18.8 Å². The van der Waals surface area contributed by atoms with Gasteiger partial charge in [-0.15, -0.1) is 0 Å². The lowest BCUT2D eigenvalue weighted by atomic mass is 9.87. The van der Waals surface area contributed by atoms with Crippen LogP contribution in [0.4, 0.5) is 14.9 Å². The van der Waals surface area contributed by atoms with E-state index in [1.807, 2.05) is 6.07 Å². The highest BCUT2D eigenvalue weighted by Gasteiger charge is 2.51. The van der Waals surface area contributed by atoms with Crippen LogP contribution >= 0.6 is 11.6 Å². The van der Waals surface area contributed by atoms with Crippen LogP contribution in [-0.4, -0.2) is 35.8 Å². The Morgan fingerprint density at radius 1 is 1.25 bits per heavy atom. The number of amides is 4. The number of hydrogen-bond acceptors (Lipinski definition) is 4. The number of nitriles is 1. The normalized spacial score (nSPS) is 17.8. The zero-order valence-electron chi connectivity index (χ0n) is 17.7. The van der Waals surface area contributed by atoms with Crippen molar-refractivity contribution in [2.75, 3.05) is 18.0 Å². The molecule has 4 amide bonds. The second kappa shape index (κ2) is 9.37. The molecule has 32 heavy (non-hydrogen) atoms. The van der Waals surface area contributed by atoms with Crippen LogP contribution in [0.3, 0.4) is 0 Å². The van der Waals surface area contributed by atoms with Crippen LogP contribution in [-0.2, 0) is 15.1 Å². The third-order valence-electron chi connectivity index (χ3n) is 5.54. The average molecular weight is 457 g/mol. The Kier molecular flexibility index (Phi) is 6.80. The standard InChI is InChI=1S/C23H22ClFN4O3/c1-3-23(16-5-7-17(25)8-6-16)21(31)29(22(32)27-23)14-20(30)28(12-4-11-26)18-9-10-19(24)15(2)13-18/h5-10,13H,3-4,12,14H2,1-2H3,(H,27,32). The third-order valence-corrected chi connectivity index (χ3v) is 5.96. The first-order valence-corrected chi connectivity index (χ1v) is 10.4. The first kappa shape index (κ1) is 23.2. The minimum absolute atomic E-state index is 0.0715. The molecule has 1 saturated heterocycles. The van der Waals surface area contributed by atoms with Crippen LogP contribution in [0.2, 0.25) is 5.02 Å². The summed E-state index contributed by atoms with van der Waals surface area (Å²) >= 11 is 6.08. The number of benzene rings is 2. The molecule has 166 valence electrons. The molecule has 9 heteroatoms. The van der Waals surface area contributed by atoms with Crippen molar-refractivity contribution in [3.8, 4) is 6.07 Å². The Morgan fingerprint density at radius 3 is 2.53 bits per heavy atom. The third kappa shape index (κ3) is 4.30. The van der Waals surface area contributed by atoms with E-state index >= 15 is 0 Å². The van der Waals surface area contributed by atoms with Crippen LogP contribution in [0.1, 0.15) is 30.9 Å². The molecule has 0 spiro atoms. The maximum absolute atomic E-state index is 13.4. The molecule has 1 fully saturated rings. The number of urea groups is 1. The average Bonchev–Trinajstić information content (AvgIpc) is 3.02. The van der Waals surface area contributed by atoms with Gasteiger partial charge in [0.25, 0.3) is 5.91 Å². The lowest BCUT2D eigenvalue weighted by molar-refractivity contribution is -0.134. The summed E-state index contributed by atoms with van der Waals surface area (Å²) in [5, 5.41) is 12.2. The van der Waals surface area contributed by atoms with Crippen molar-refractivity contribution >= 4 is 35.1 Å². The molecular weight excluding hydrogens is 435 g/mol. The van der Waals surface area contributed by atoms with Gasteiger partial charge in [-0.25, -0.2) is 9.18 Å². The van der Waals surface area contributed by atoms with Gasteiger partial charge in [-0.3, -0.25) is 14.5 Å². The molecule has 2 aromatic rings. The Bertz CT molecular complexity index is 1100. The largest absolute Gasteiger partial charge is 0.325 e. The van der Waals surface area contributed by atoms with E-state index < -0.39 is 35.7 Å². The highest BCUT2D eigenvalue weighted by atomic mass is 35.5. The SMILES string of the molecule is CCC1(c2ccc(F)cc2)NC(=O)N(CC(=O)N(CCC#N)c2ccc(Cl)c(C)c2)C1=O. The van der Waals surface area contributed by atoms with Gasteiger partial charge in [-0.1, -0.05) is 30.7 Å². The molecule has 1 atom stereocenters. The molecule has 1 heterocycles. The number of nitrogens with zero attached hydrogens (tertiary/aromatic N) is 3. The summed E-state index contributed by atoms with van der Waals surface area (Å²) < 4.78 is 13.4. The first-order chi connectivity index (χ1) is 15.2. The summed E-state index contributed by atoms with van der Waals surface area (Å²) in [7, 11) is 0. The molecule has 2 aromatic carbocycles. The molecule has 0 radical (unpaired) electrons.